The zero-order chi connectivity index (χ0) is 35.1. The number of fused-ring (bicyclic) bond motifs is 4. The lowest BCUT2D eigenvalue weighted by Gasteiger charge is -2.25. The molecule has 1 aromatic heterocycles. The topological polar surface area (TPSA) is 29.3 Å². The minimum Gasteiger partial charge on any atom is -0.360 e. The summed E-state index contributed by atoms with van der Waals surface area (Å²) < 4.78 is 2.39. The molecule has 0 fully saturated rings. The second kappa shape index (κ2) is 13.0. The first-order valence-electron chi connectivity index (χ1n) is 18.2. The minimum atomic E-state index is -0.208. The Morgan fingerprint density at radius 3 is 1.58 bits per heavy atom. The Morgan fingerprint density at radius 1 is 0.415 bits per heavy atom. The molecule has 0 aliphatic carbocycles. The van der Waals surface area contributed by atoms with Crippen LogP contribution in [0.4, 0.5) is 0 Å². The lowest BCUT2D eigenvalue weighted by atomic mass is 9.91. The average Bonchev–Trinajstić information content (AvgIpc) is 3.58. The fourth-order valence-electron chi connectivity index (χ4n) is 7.90. The number of hydrogen-bond acceptors (Lipinski definition) is 2. The third-order valence-corrected chi connectivity index (χ3v) is 10.5. The van der Waals surface area contributed by atoms with Crippen LogP contribution in [-0.4, -0.2) is 10.3 Å². The molecule has 10 rings (SSSR count). The molecule has 0 radical (unpaired) electrons. The quantitative estimate of drug-likeness (QED) is 0.186. The summed E-state index contributed by atoms with van der Waals surface area (Å²) in [7, 11) is 0. The molecule has 1 atom stereocenters. The largest absolute Gasteiger partial charge is 0.360 e. The van der Waals surface area contributed by atoms with Gasteiger partial charge in [-0.25, -0.2) is 0 Å². The van der Waals surface area contributed by atoms with Gasteiger partial charge in [-0.2, -0.15) is 0 Å². The average molecular weight is 678 g/mol. The predicted molar refractivity (Wildman–Crippen MR) is 222 cm³/mol. The van der Waals surface area contributed by atoms with Gasteiger partial charge in [-0.15, -0.1) is 0 Å². The summed E-state index contributed by atoms with van der Waals surface area (Å²) in [6.07, 6.45) is 1.95. The van der Waals surface area contributed by atoms with Gasteiger partial charge in [-0.05, 0) is 80.1 Å². The standard InChI is InChI=1S/C50H35N3/c1-3-14-35(15-4-1)46-33-47(36-16-5-2-6-17-36)52-50(51-46)37-28-26-34(27-29-37)40-30-31-41(43-21-8-7-20-42(40)43)38-18-13-19-39(32-38)53-48-24-11-9-22-44(48)45-23-10-12-25-49(45)53/h1-33,50-51H/t50-/m0/s1. The van der Waals surface area contributed by atoms with E-state index in [4.69, 9.17) is 4.99 Å². The van der Waals surface area contributed by atoms with Gasteiger partial charge in [-0.3, -0.25) is 4.99 Å². The molecule has 0 amide bonds. The number of nitrogens with one attached hydrogen (secondary N) is 1. The van der Waals surface area contributed by atoms with Crippen molar-refractivity contribution in [2.24, 2.45) is 4.99 Å². The van der Waals surface area contributed by atoms with Gasteiger partial charge in [0, 0.05) is 22.2 Å². The molecule has 0 unspecified atom stereocenters. The van der Waals surface area contributed by atoms with Crippen molar-refractivity contribution in [2.45, 2.75) is 6.17 Å². The summed E-state index contributed by atoms with van der Waals surface area (Å²) in [5.41, 5.74) is 13.8. The Kier molecular flexibility index (Phi) is 7.54. The van der Waals surface area contributed by atoms with E-state index >= 15 is 0 Å². The van der Waals surface area contributed by atoms with Crippen LogP contribution in [0.15, 0.2) is 205 Å². The fraction of sp³-hybridized carbons (Fsp3) is 0.0200. The van der Waals surface area contributed by atoms with Crippen LogP contribution < -0.4 is 5.32 Å². The molecule has 250 valence electrons. The van der Waals surface area contributed by atoms with Crippen molar-refractivity contribution in [3.63, 3.8) is 0 Å². The Bertz CT molecular complexity index is 2790. The number of nitrogens with zero attached hydrogens (tertiary/aromatic N) is 2. The Morgan fingerprint density at radius 2 is 0.943 bits per heavy atom. The molecule has 2 heterocycles. The summed E-state index contributed by atoms with van der Waals surface area (Å²) >= 11 is 0. The van der Waals surface area contributed by atoms with Crippen molar-refractivity contribution < 1.29 is 0 Å². The van der Waals surface area contributed by atoms with E-state index in [1.165, 1.54) is 54.8 Å². The van der Waals surface area contributed by atoms with Gasteiger partial charge >= 0.3 is 0 Å². The normalized spacial score (nSPS) is 14.2. The molecule has 3 nitrogen and oxygen atoms in total. The number of hydrogen-bond donors (Lipinski definition) is 1. The smallest absolute Gasteiger partial charge is 0.145 e. The van der Waals surface area contributed by atoms with Crippen LogP contribution in [0.5, 0.6) is 0 Å². The van der Waals surface area contributed by atoms with Crippen molar-refractivity contribution in [3.8, 4) is 27.9 Å². The van der Waals surface area contributed by atoms with E-state index < -0.39 is 0 Å². The van der Waals surface area contributed by atoms with Crippen LogP contribution in [0.3, 0.4) is 0 Å². The summed E-state index contributed by atoms with van der Waals surface area (Å²) in [5.74, 6) is 0. The van der Waals surface area contributed by atoms with Gasteiger partial charge in [0.1, 0.15) is 6.17 Å². The Hall–Kier alpha value is -6.97. The van der Waals surface area contributed by atoms with Crippen molar-refractivity contribution in [1.29, 1.82) is 0 Å². The van der Waals surface area contributed by atoms with E-state index in [-0.39, 0.29) is 6.17 Å². The second-order valence-electron chi connectivity index (χ2n) is 13.6. The Labute approximate surface area is 308 Å². The fourth-order valence-corrected chi connectivity index (χ4v) is 7.90. The molecule has 1 N–H and O–H groups in total. The molecule has 1 aliphatic rings. The lowest BCUT2D eigenvalue weighted by molar-refractivity contribution is 0.664. The third-order valence-electron chi connectivity index (χ3n) is 10.5. The van der Waals surface area contributed by atoms with Crippen molar-refractivity contribution in [1.82, 2.24) is 9.88 Å². The van der Waals surface area contributed by atoms with Gasteiger partial charge in [0.05, 0.1) is 16.7 Å². The number of rotatable bonds is 6. The number of aliphatic imine (C=N–C) groups is 1. The second-order valence-corrected chi connectivity index (χ2v) is 13.6. The highest BCUT2D eigenvalue weighted by atomic mass is 15.1. The molecule has 8 aromatic carbocycles. The summed E-state index contributed by atoms with van der Waals surface area (Å²) in [5, 5.41) is 8.71. The summed E-state index contributed by atoms with van der Waals surface area (Å²) in [6, 6.07) is 69.5. The van der Waals surface area contributed by atoms with Crippen LogP contribution in [0, 0.1) is 0 Å². The molecule has 53 heavy (non-hydrogen) atoms. The maximum atomic E-state index is 5.18. The zero-order valence-electron chi connectivity index (χ0n) is 29.0. The first-order chi connectivity index (χ1) is 26.3. The Balaban J connectivity index is 1.01. The van der Waals surface area contributed by atoms with Crippen molar-refractivity contribution >= 4 is 44.0 Å². The molecule has 9 aromatic rings. The molecule has 0 spiro atoms. The van der Waals surface area contributed by atoms with Crippen LogP contribution in [0.25, 0.3) is 66.2 Å². The van der Waals surface area contributed by atoms with Crippen LogP contribution in [-0.2, 0) is 0 Å². The van der Waals surface area contributed by atoms with Crippen molar-refractivity contribution in [3.05, 3.63) is 217 Å². The number of benzene rings is 8. The van der Waals surface area contributed by atoms with Gasteiger partial charge in [0.2, 0.25) is 0 Å². The third kappa shape index (κ3) is 5.51. The monoisotopic (exact) mass is 677 g/mol. The number of aromatic nitrogens is 1. The highest BCUT2D eigenvalue weighted by Gasteiger charge is 2.20. The SMILES string of the molecule is C1=C(c2ccccc2)N[C@H](c2ccc(-c3ccc(-c4cccc(-n5c6ccccc6c6ccccc65)c4)c4ccccc34)cc2)N=C1c1ccccc1. The van der Waals surface area contributed by atoms with E-state index in [0.717, 1.165) is 33.8 Å². The van der Waals surface area contributed by atoms with Gasteiger partial charge in [-0.1, -0.05) is 170 Å². The molecule has 3 heteroatoms. The molecule has 0 saturated heterocycles. The number of para-hydroxylation sites is 2. The zero-order valence-corrected chi connectivity index (χ0v) is 29.0. The van der Waals surface area contributed by atoms with Crippen molar-refractivity contribution in [2.75, 3.05) is 0 Å². The molecular weight excluding hydrogens is 643 g/mol. The molecule has 0 bridgehead atoms. The summed E-state index contributed by atoms with van der Waals surface area (Å²) in [4.78, 5) is 5.18. The van der Waals surface area contributed by atoms with E-state index in [9.17, 15) is 0 Å². The molecule has 1 aliphatic heterocycles. The van der Waals surface area contributed by atoms with E-state index in [1.807, 2.05) is 6.07 Å². The summed E-state index contributed by atoms with van der Waals surface area (Å²) in [6.45, 7) is 0. The van der Waals surface area contributed by atoms with Gasteiger partial charge in [0.25, 0.3) is 0 Å². The van der Waals surface area contributed by atoms with Crippen LogP contribution >= 0.6 is 0 Å². The minimum absolute atomic E-state index is 0.208. The lowest BCUT2D eigenvalue weighted by Crippen LogP contribution is -2.24. The number of allylic oxidation sites excluding steroid dienone is 1. The van der Waals surface area contributed by atoms with E-state index in [2.05, 4.69) is 204 Å². The van der Waals surface area contributed by atoms with Crippen LogP contribution in [0.2, 0.25) is 0 Å². The maximum absolute atomic E-state index is 5.18. The molecule has 0 saturated carbocycles. The first kappa shape index (κ1) is 30.8. The van der Waals surface area contributed by atoms with E-state index in [1.54, 1.807) is 0 Å². The van der Waals surface area contributed by atoms with Gasteiger partial charge in [0.15, 0.2) is 0 Å². The van der Waals surface area contributed by atoms with Crippen LogP contribution in [0.1, 0.15) is 22.9 Å². The molecular formula is C50H35N3. The first-order valence-corrected chi connectivity index (χ1v) is 18.2. The highest BCUT2D eigenvalue weighted by molar-refractivity contribution is 6.13. The van der Waals surface area contributed by atoms with Gasteiger partial charge < -0.3 is 9.88 Å². The predicted octanol–water partition coefficient (Wildman–Crippen LogP) is 12.4. The highest BCUT2D eigenvalue weighted by Crippen LogP contribution is 2.38. The van der Waals surface area contributed by atoms with E-state index in [0.29, 0.717) is 0 Å². The maximum Gasteiger partial charge on any atom is 0.145 e.